The summed E-state index contributed by atoms with van der Waals surface area (Å²) in [5, 5.41) is 10.2. The Hall–Kier alpha value is -1.68. The molecule has 4 heteroatoms. The number of aliphatic hydroxyl groups excluding tert-OH is 1. The number of rotatable bonds is 2. The SMILES string of the molecule is CC1=C2OC(=O)[C@@H]([C@H](C)O)[C@@H]2/C=C(\C)CC[C@@H]2C(C(C)C)=CC(=O)[C@@]2(C)CC1. The molecule has 1 fully saturated rings. The maximum absolute atomic E-state index is 13.0. The second-order valence-electron chi connectivity index (χ2n) is 9.54. The van der Waals surface area contributed by atoms with Crippen LogP contribution in [0.4, 0.5) is 0 Å². The molecule has 1 saturated heterocycles. The molecule has 2 aliphatic carbocycles. The van der Waals surface area contributed by atoms with Crippen LogP contribution in [0.5, 0.6) is 0 Å². The first-order valence-electron chi connectivity index (χ1n) is 10.6. The highest BCUT2D eigenvalue weighted by molar-refractivity contribution is 5.98. The second-order valence-corrected chi connectivity index (χ2v) is 9.54. The lowest BCUT2D eigenvalue weighted by Crippen LogP contribution is -2.32. The van der Waals surface area contributed by atoms with Crippen LogP contribution in [0.25, 0.3) is 0 Å². The fourth-order valence-electron chi connectivity index (χ4n) is 5.24. The third-order valence-corrected chi connectivity index (χ3v) is 7.12. The van der Waals surface area contributed by atoms with Crippen LogP contribution in [0.15, 0.2) is 34.6 Å². The van der Waals surface area contributed by atoms with Gasteiger partial charge in [-0.2, -0.15) is 0 Å². The third kappa shape index (κ3) is 3.52. The number of carbonyl (C=O) groups excluding carboxylic acids is 2. The zero-order valence-electron chi connectivity index (χ0n) is 18.0. The fraction of sp³-hybridized carbons (Fsp3) is 0.667. The topological polar surface area (TPSA) is 63.6 Å². The predicted molar refractivity (Wildman–Crippen MR) is 109 cm³/mol. The molecule has 0 aromatic heterocycles. The summed E-state index contributed by atoms with van der Waals surface area (Å²) < 4.78 is 5.64. The van der Waals surface area contributed by atoms with E-state index in [2.05, 4.69) is 33.8 Å². The van der Waals surface area contributed by atoms with Gasteiger partial charge in [-0.3, -0.25) is 9.59 Å². The largest absolute Gasteiger partial charge is 0.430 e. The summed E-state index contributed by atoms with van der Waals surface area (Å²) in [4.78, 5) is 25.4. The minimum atomic E-state index is -0.758. The van der Waals surface area contributed by atoms with Crippen LogP contribution in [0, 0.1) is 29.1 Å². The number of fused-ring (bicyclic) bond motifs is 2. The Labute approximate surface area is 168 Å². The van der Waals surface area contributed by atoms with Crippen LogP contribution in [-0.4, -0.2) is 23.0 Å². The summed E-state index contributed by atoms with van der Waals surface area (Å²) in [5.74, 6) is 0.429. The first-order chi connectivity index (χ1) is 13.1. The molecule has 0 aromatic rings. The quantitative estimate of drug-likeness (QED) is 0.550. The van der Waals surface area contributed by atoms with Crippen LogP contribution < -0.4 is 0 Å². The summed E-state index contributed by atoms with van der Waals surface area (Å²) in [6.07, 6.45) is 6.53. The highest BCUT2D eigenvalue weighted by atomic mass is 16.5. The van der Waals surface area contributed by atoms with Crippen molar-refractivity contribution in [2.24, 2.45) is 29.1 Å². The summed E-state index contributed by atoms with van der Waals surface area (Å²) in [5.41, 5.74) is 3.08. The van der Waals surface area contributed by atoms with E-state index < -0.39 is 17.4 Å². The van der Waals surface area contributed by atoms with Gasteiger partial charge in [0.2, 0.25) is 0 Å². The molecule has 5 atom stereocenters. The Morgan fingerprint density at radius 1 is 1.18 bits per heavy atom. The van der Waals surface area contributed by atoms with Gasteiger partial charge in [0.25, 0.3) is 0 Å². The van der Waals surface area contributed by atoms with Crippen molar-refractivity contribution in [2.45, 2.75) is 73.3 Å². The summed E-state index contributed by atoms with van der Waals surface area (Å²) in [6, 6.07) is 0. The highest BCUT2D eigenvalue weighted by Gasteiger charge is 2.48. The van der Waals surface area contributed by atoms with E-state index in [0.717, 1.165) is 31.3 Å². The number of hydrogen-bond acceptors (Lipinski definition) is 4. The molecule has 0 spiro atoms. The molecular formula is C24H34O4. The lowest BCUT2D eigenvalue weighted by Gasteiger charge is -2.33. The highest BCUT2D eigenvalue weighted by Crippen LogP contribution is 2.50. The number of hydrogen-bond donors (Lipinski definition) is 1. The normalized spacial score (nSPS) is 36.9. The summed E-state index contributed by atoms with van der Waals surface area (Å²) in [6.45, 7) is 12.2. The van der Waals surface area contributed by atoms with Gasteiger partial charge in [0.05, 0.1) is 17.9 Å². The fourth-order valence-corrected chi connectivity index (χ4v) is 5.24. The summed E-state index contributed by atoms with van der Waals surface area (Å²) in [7, 11) is 0. The molecule has 28 heavy (non-hydrogen) atoms. The van der Waals surface area contributed by atoms with Crippen LogP contribution in [0.2, 0.25) is 0 Å². The van der Waals surface area contributed by atoms with E-state index >= 15 is 0 Å². The standard InChI is InChI=1S/C24H34O4/c1-13(2)17-12-20(26)24(6)10-9-15(4)22-18(11-14(3)7-8-19(17)24)21(16(5)25)23(27)28-22/h11-13,16,18-19,21,25H,7-10H2,1-6H3/b14-11+,22-15?/t16-,18-,19+,21-,24-/m0/s1. The number of ether oxygens (including phenoxy) is 1. The van der Waals surface area contributed by atoms with Gasteiger partial charge in [-0.15, -0.1) is 0 Å². The van der Waals surface area contributed by atoms with Crippen molar-refractivity contribution in [3.05, 3.63) is 34.6 Å². The van der Waals surface area contributed by atoms with Crippen LogP contribution in [-0.2, 0) is 14.3 Å². The zero-order chi connectivity index (χ0) is 20.8. The lowest BCUT2D eigenvalue weighted by atomic mass is 9.69. The Kier molecular flexibility index (Phi) is 5.73. The average Bonchev–Trinajstić information content (AvgIpc) is 3.05. The number of ketones is 1. The van der Waals surface area contributed by atoms with Crippen LogP contribution in [0.3, 0.4) is 0 Å². The van der Waals surface area contributed by atoms with Gasteiger partial charge in [0.15, 0.2) is 5.78 Å². The number of aliphatic hydroxyl groups is 1. The predicted octanol–water partition coefficient (Wildman–Crippen LogP) is 4.74. The maximum atomic E-state index is 13.0. The average molecular weight is 387 g/mol. The third-order valence-electron chi connectivity index (χ3n) is 7.12. The molecule has 0 unspecified atom stereocenters. The Morgan fingerprint density at radius 2 is 1.86 bits per heavy atom. The molecule has 0 saturated carbocycles. The number of esters is 1. The first kappa shape index (κ1) is 21.0. The van der Waals surface area contributed by atoms with E-state index in [1.807, 2.05) is 13.0 Å². The second kappa shape index (κ2) is 7.62. The number of allylic oxidation sites excluding steroid dienone is 5. The molecule has 3 aliphatic rings. The molecule has 4 nitrogen and oxygen atoms in total. The molecule has 3 rings (SSSR count). The molecule has 1 N–H and O–H groups in total. The molecular weight excluding hydrogens is 352 g/mol. The lowest BCUT2D eigenvalue weighted by molar-refractivity contribution is -0.142. The van der Waals surface area contributed by atoms with E-state index in [9.17, 15) is 14.7 Å². The molecule has 0 radical (unpaired) electrons. The molecule has 1 heterocycles. The van der Waals surface area contributed by atoms with Crippen molar-refractivity contribution in [3.8, 4) is 0 Å². The monoisotopic (exact) mass is 386 g/mol. The van der Waals surface area contributed by atoms with E-state index in [0.29, 0.717) is 11.7 Å². The minimum Gasteiger partial charge on any atom is -0.430 e. The van der Waals surface area contributed by atoms with Gasteiger partial charge in [-0.05, 0) is 69.9 Å². The van der Waals surface area contributed by atoms with Crippen molar-refractivity contribution in [1.29, 1.82) is 0 Å². The van der Waals surface area contributed by atoms with Crippen LogP contribution >= 0.6 is 0 Å². The van der Waals surface area contributed by atoms with Gasteiger partial charge < -0.3 is 9.84 Å². The Balaban J connectivity index is 2.02. The van der Waals surface area contributed by atoms with Gasteiger partial charge in [-0.1, -0.05) is 38.0 Å². The molecule has 0 bridgehead atoms. The maximum Gasteiger partial charge on any atom is 0.317 e. The summed E-state index contributed by atoms with van der Waals surface area (Å²) >= 11 is 0. The van der Waals surface area contributed by atoms with Gasteiger partial charge in [-0.25, -0.2) is 0 Å². The van der Waals surface area contributed by atoms with E-state index in [1.165, 1.54) is 11.1 Å². The minimum absolute atomic E-state index is 0.214. The van der Waals surface area contributed by atoms with Crippen LogP contribution in [0.1, 0.15) is 67.2 Å². The van der Waals surface area contributed by atoms with E-state index in [4.69, 9.17) is 4.74 Å². The van der Waals surface area contributed by atoms with Crippen molar-refractivity contribution in [1.82, 2.24) is 0 Å². The zero-order valence-corrected chi connectivity index (χ0v) is 18.0. The van der Waals surface area contributed by atoms with Gasteiger partial charge in [0, 0.05) is 5.41 Å². The Bertz CT molecular complexity index is 767. The van der Waals surface area contributed by atoms with Crippen molar-refractivity contribution in [3.63, 3.8) is 0 Å². The Morgan fingerprint density at radius 3 is 2.46 bits per heavy atom. The first-order valence-corrected chi connectivity index (χ1v) is 10.6. The molecule has 0 aromatic carbocycles. The van der Waals surface area contributed by atoms with Crippen molar-refractivity contribution >= 4 is 11.8 Å². The van der Waals surface area contributed by atoms with E-state index in [1.54, 1.807) is 6.92 Å². The molecule has 1 aliphatic heterocycles. The smallest absolute Gasteiger partial charge is 0.317 e. The van der Waals surface area contributed by atoms with Gasteiger partial charge >= 0.3 is 5.97 Å². The number of carbonyl (C=O) groups is 2. The van der Waals surface area contributed by atoms with Crippen molar-refractivity contribution < 1.29 is 19.4 Å². The van der Waals surface area contributed by atoms with E-state index in [-0.39, 0.29) is 23.6 Å². The van der Waals surface area contributed by atoms with Gasteiger partial charge in [0.1, 0.15) is 5.76 Å². The molecule has 0 amide bonds. The molecule has 154 valence electrons. The van der Waals surface area contributed by atoms with Crippen molar-refractivity contribution in [2.75, 3.05) is 0 Å².